The molecule has 0 aromatic heterocycles. The largest absolute Gasteiger partial charge is 0.497 e. The van der Waals surface area contributed by atoms with Crippen LogP contribution in [-0.2, 0) is 0 Å². The van der Waals surface area contributed by atoms with E-state index < -0.39 is 0 Å². The van der Waals surface area contributed by atoms with Crippen LogP contribution in [0, 0.1) is 3.57 Å². The topological polar surface area (TPSA) is 18.5 Å². The molecule has 0 aliphatic rings. The van der Waals surface area contributed by atoms with Crippen molar-refractivity contribution in [1.29, 1.82) is 0 Å². The van der Waals surface area contributed by atoms with Crippen LogP contribution in [0.4, 0.5) is 0 Å². The summed E-state index contributed by atoms with van der Waals surface area (Å²) in [6.45, 7) is 0. The number of rotatable bonds is 2. The maximum atomic E-state index is 5.93. The molecule has 0 aliphatic heterocycles. The summed E-state index contributed by atoms with van der Waals surface area (Å²) in [7, 11) is 3.19. The van der Waals surface area contributed by atoms with Crippen LogP contribution in [0.3, 0.4) is 0 Å². The fraction of sp³-hybridized carbons (Fsp3) is 0.250. The SMILES string of the molecule is COc1cc(I)c(Cl)c(OC)c1. The first-order valence-corrected chi connectivity index (χ1v) is 4.71. The third kappa shape index (κ3) is 1.95. The highest BCUT2D eigenvalue weighted by Gasteiger charge is 2.07. The van der Waals surface area contributed by atoms with E-state index in [-0.39, 0.29) is 0 Å². The van der Waals surface area contributed by atoms with Gasteiger partial charge in [-0.15, -0.1) is 0 Å². The number of methoxy groups -OCH3 is 2. The predicted molar refractivity (Wildman–Crippen MR) is 57.3 cm³/mol. The smallest absolute Gasteiger partial charge is 0.142 e. The van der Waals surface area contributed by atoms with Crippen molar-refractivity contribution >= 4 is 34.2 Å². The van der Waals surface area contributed by atoms with E-state index in [9.17, 15) is 0 Å². The lowest BCUT2D eigenvalue weighted by molar-refractivity contribution is 0.394. The van der Waals surface area contributed by atoms with Gasteiger partial charge in [-0.05, 0) is 28.7 Å². The first-order chi connectivity index (χ1) is 5.69. The molecule has 1 aromatic rings. The van der Waals surface area contributed by atoms with Gasteiger partial charge in [-0.2, -0.15) is 0 Å². The zero-order chi connectivity index (χ0) is 9.14. The fourth-order valence-electron chi connectivity index (χ4n) is 0.807. The Morgan fingerprint density at radius 3 is 2.42 bits per heavy atom. The second kappa shape index (κ2) is 4.18. The van der Waals surface area contributed by atoms with E-state index in [1.54, 1.807) is 20.3 Å². The number of hydrogen-bond donors (Lipinski definition) is 0. The average molecular weight is 299 g/mol. The Morgan fingerprint density at radius 2 is 1.92 bits per heavy atom. The van der Waals surface area contributed by atoms with Crippen molar-refractivity contribution in [1.82, 2.24) is 0 Å². The molecule has 4 heteroatoms. The summed E-state index contributed by atoms with van der Waals surface area (Å²) in [6, 6.07) is 3.61. The van der Waals surface area contributed by atoms with Gasteiger partial charge in [-0.1, -0.05) is 11.6 Å². The Balaban J connectivity index is 3.19. The van der Waals surface area contributed by atoms with Gasteiger partial charge in [-0.3, -0.25) is 0 Å². The molecular formula is C8H8ClIO2. The van der Waals surface area contributed by atoms with Crippen molar-refractivity contribution in [3.8, 4) is 11.5 Å². The van der Waals surface area contributed by atoms with Crippen LogP contribution < -0.4 is 9.47 Å². The van der Waals surface area contributed by atoms with Gasteiger partial charge < -0.3 is 9.47 Å². The third-order valence-corrected chi connectivity index (χ3v) is 2.98. The molecule has 0 bridgehead atoms. The Morgan fingerprint density at radius 1 is 1.25 bits per heavy atom. The second-order valence-corrected chi connectivity index (χ2v) is 3.67. The zero-order valence-electron chi connectivity index (χ0n) is 6.73. The zero-order valence-corrected chi connectivity index (χ0v) is 9.64. The minimum Gasteiger partial charge on any atom is -0.497 e. The lowest BCUT2D eigenvalue weighted by Gasteiger charge is -2.07. The van der Waals surface area contributed by atoms with Gasteiger partial charge in [-0.25, -0.2) is 0 Å². The molecule has 0 radical (unpaired) electrons. The van der Waals surface area contributed by atoms with Gasteiger partial charge in [0.25, 0.3) is 0 Å². The molecule has 0 unspecified atom stereocenters. The van der Waals surface area contributed by atoms with E-state index in [2.05, 4.69) is 22.6 Å². The Kier molecular flexibility index (Phi) is 3.46. The maximum Gasteiger partial charge on any atom is 0.142 e. The van der Waals surface area contributed by atoms with E-state index in [0.717, 1.165) is 9.32 Å². The monoisotopic (exact) mass is 298 g/mol. The lowest BCUT2D eigenvalue weighted by atomic mass is 10.3. The van der Waals surface area contributed by atoms with Crippen LogP contribution in [0.25, 0.3) is 0 Å². The number of benzene rings is 1. The first kappa shape index (κ1) is 9.92. The van der Waals surface area contributed by atoms with E-state index in [0.29, 0.717) is 10.8 Å². The molecule has 0 N–H and O–H groups in total. The second-order valence-electron chi connectivity index (χ2n) is 2.13. The summed E-state index contributed by atoms with van der Waals surface area (Å²) in [5, 5.41) is 0.624. The molecule has 0 spiro atoms. The number of ether oxygens (including phenoxy) is 2. The van der Waals surface area contributed by atoms with Crippen molar-refractivity contribution in [2.75, 3.05) is 14.2 Å². The van der Waals surface area contributed by atoms with Crippen molar-refractivity contribution in [2.45, 2.75) is 0 Å². The van der Waals surface area contributed by atoms with Crippen molar-refractivity contribution in [3.05, 3.63) is 20.7 Å². The Labute approximate surface area is 90.0 Å². The summed E-state index contributed by atoms with van der Waals surface area (Å²) in [4.78, 5) is 0. The van der Waals surface area contributed by atoms with Gasteiger partial charge in [0.15, 0.2) is 0 Å². The minimum atomic E-state index is 0.624. The van der Waals surface area contributed by atoms with Crippen LogP contribution >= 0.6 is 34.2 Å². The van der Waals surface area contributed by atoms with Crippen LogP contribution in [0.1, 0.15) is 0 Å². The fourth-order valence-corrected chi connectivity index (χ4v) is 1.57. The highest BCUT2D eigenvalue weighted by molar-refractivity contribution is 14.1. The van der Waals surface area contributed by atoms with Crippen LogP contribution in [-0.4, -0.2) is 14.2 Å². The molecule has 0 fully saturated rings. The summed E-state index contributed by atoms with van der Waals surface area (Å²) < 4.78 is 11.0. The molecule has 0 heterocycles. The molecule has 0 atom stereocenters. The average Bonchev–Trinajstić information content (AvgIpc) is 2.09. The Hall–Kier alpha value is -0.160. The summed E-state index contributed by atoms with van der Waals surface area (Å²) in [6.07, 6.45) is 0. The first-order valence-electron chi connectivity index (χ1n) is 3.26. The lowest BCUT2D eigenvalue weighted by Crippen LogP contribution is -1.89. The molecule has 12 heavy (non-hydrogen) atoms. The number of halogens is 2. The normalized spacial score (nSPS) is 9.67. The van der Waals surface area contributed by atoms with Gasteiger partial charge in [0, 0.05) is 9.64 Å². The molecule has 0 saturated heterocycles. The summed E-state index contributed by atoms with van der Waals surface area (Å²) in [5.74, 6) is 1.39. The molecule has 0 saturated carbocycles. The summed E-state index contributed by atoms with van der Waals surface area (Å²) >= 11 is 8.06. The van der Waals surface area contributed by atoms with Gasteiger partial charge in [0.2, 0.25) is 0 Å². The van der Waals surface area contributed by atoms with Crippen molar-refractivity contribution in [3.63, 3.8) is 0 Å². The molecular weight excluding hydrogens is 290 g/mol. The van der Waals surface area contributed by atoms with Gasteiger partial charge in [0.1, 0.15) is 11.5 Å². The molecule has 66 valence electrons. The molecule has 1 rings (SSSR count). The number of hydrogen-bond acceptors (Lipinski definition) is 2. The maximum absolute atomic E-state index is 5.93. The van der Waals surface area contributed by atoms with Crippen LogP contribution in [0.15, 0.2) is 12.1 Å². The molecule has 1 aromatic carbocycles. The highest BCUT2D eigenvalue weighted by Crippen LogP contribution is 2.33. The predicted octanol–water partition coefficient (Wildman–Crippen LogP) is 2.96. The third-order valence-electron chi connectivity index (χ3n) is 1.42. The Bertz CT molecular complexity index is 289. The van der Waals surface area contributed by atoms with E-state index >= 15 is 0 Å². The van der Waals surface area contributed by atoms with Crippen LogP contribution in [0.2, 0.25) is 5.02 Å². The quantitative estimate of drug-likeness (QED) is 0.782. The van der Waals surface area contributed by atoms with Gasteiger partial charge >= 0.3 is 0 Å². The summed E-state index contributed by atoms with van der Waals surface area (Å²) in [5.41, 5.74) is 0. The van der Waals surface area contributed by atoms with E-state index in [4.69, 9.17) is 21.1 Å². The van der Waals surface area contributed by atoms with Crippen molar-refractivity contribution in [2.24, 2.45) is 0 Å². The van der Waals surface area contributed by atoms with E-state index in [1.165, 1.54) is 0 Å². The highest BCUT2D eigenvalue weighted by atomic mass is 127. The van der Waals surface area contributed by atoms with Gasteiger partial charge in [0.05, 0.1) is 19.2 Å². The van der Waals surface area contributed by atoms with E-state index in [1.807, 2.05) is 6.07 Å². The molecule has 0 amide bonds. The molecule has 2 nitrogen and oxygen atoms in total. The standard InChI is InChI=1S/C8H8ClIO2/c1-11-5-3-6(10)8(9)7(4-5)12-2/h3-4H,1-2H3. The van der Waals surface area contributed by atoms with Crippen LogP contribution in [0.5, 0.6) is 11.5 Å². The van der Waals surface area contributed by atoms with Crippen molar-refractivity contribution < 1.29 is 9.47 Å². The molecule has 0 aliphatic carbocycles. The minimum absolute atomic E-state index is 0.624.